The molecule has 0 atom stereocenters. The lowest BCUT2D eigenvalue weighted by Gasteiger charge is -2.33. The molecule has 0 saturated carbocycles. The molecule has 1 aromatic rings. The van der Waals surface area contributed by atoms with Crippen LogP contribution in [0.25, 0.3) is 0 Å². The van der Waals surface area contributed by atoms with E-state index in [0.717, 1.165) is 0 Å². The number of anilines is 1. The van der Waals surface area contributed by atoms with Crippen molar-refractivity contribution in [3.05, 3.63) is 23.3 Å². The van der Waals surface area contributed by atoms with Crippen molar-refractivity contribution in [2.45, 2.75) is 37.6 Å². The molecule has 4 N–H and O–H groups in total. The van der Waals surface area contributed by atoms with Crippen molar-refractivity contribution < 1.29 is 13.2 Å². The van der Waals surface area contributed by atoms with E-state index in [-0.39, 0.29) is 11.7 Å². The summed E-state index contributed by atoms with van der Waals surface area (Å²) in [7, 11) is -3.38. The number of guanidine groups is 1. The van der Waals surface area contributed by atoms with Crippen LogP contribution in [0.3, 0.4) is 0 Å². The van der Waals surface area contributed by atoms with Gasteiger partial charge in [-0.3, -0.25) is 9.10 Å². The zero-order chi connectivity index (χ0) is 18.3. The summed E-state index contributed by atoms with van der Waals surface area (Å²) in [4.78, 5) is 16.4. The molecule has 7 nitrogen and oxygen atoms in total. The monoisotopic (exact) mass is 370 g/mol. The number of sulfonamides is 1. The maximum atomic E-state index is 12.5. The van der Waals surface area contributed by atoms with Gasteiger partial charge in [0.1, 0.15) is 0 Å². The standard InChI is InChI=1S/C15H22N4O3S2/c1-9-7-11(19-15(2,3)5-6-24(19,21)22)12(23-4)8-10(9)13(20)18-14(16)17/h7-8H,5-6H2,1-4H3,(H4,16,17,18,20). The minimum Gasteiger partial charge on any atom is -0.370 e. The molecule has 1 saturated heterocycles. The van der Waals surface area contributed by atoms with Crippen molar-refractivity contribution >= 4 is 39.3 Å². The molecule has 0 unspecified atom stereocenters. The zero-order valence-electron chi connectivity index (χ0n) is 14.2. The number of carbonyl (C=O) groups is 1. The average Bonchev–Trinajstić information content (AvgIpc) is 2.66. The lowest BCUT2D eigenvalue weighted by Crippen LogP contribution is -2.41. The maximum Gasteiger partial charge on any atom is 0.280 e. The number of benzene rings is 1. The minimum atomic E-state index is -3.38. The molecule has 1 aliphatic heterocycles. The third-order valence-electron chi connectivity index (χ3n) is 4.01. The number of aliphatic imine (C=N–C) groups is 1. The lowest BCUT2D eigenvalue weighted by atomic mass is 10.0. The fraction of sp³-hybridized carbons (Fsp3) is 0.467. The second kappa shape index (κ2) is 6.29. The Labute approximate surface area is 146 Å². The topological polar surface area (TPSA) is 119 Å². The Bertz CT molecular complexity index is 812. The van der Waals surface area contributed by atoms with Crippen molar-refractivity contribution in [1.29, 1.82) is 0 Å². The summed E-state index contributed by atoms with van der Waals surface area (Å²) in [5.74, 6) is -0.739. The van der Waals surface area contributed by atoms with Crippen LogP contribution in [-0.4, -0.2) is 37.8 Å². The first-order valence-corrected chi connectivity index (χ1v) is 10.2. The SMILES string of the molecule is CSc1cc(C(=O)N=C(N)N)c(C)cc1N1C(C)(C)CCS1(=O)=O. The van der Waals surface area contributed by atoms with Crippen molar-refractivity contribution in [2.75, 3.05) is 16.3 Å². The number of nitrogens with two attached hydrogens (primary N) is 2. The van der Waals surface area contributed by atoms with Crippen LogP contribution in [0.2, 0.25) is 0 Å². The highest BCUT2D eigenvalue weighted by Crippen LogP contribution is 2.42. The Hall–Kier alpha value is -1.74. The molecule has 1 aromatic carbocycles. The van der Waals surface area contributed by atoms with Gasteiger partial charge >= 0.3 is 0 Å². The number of thioether (sulfide) groups is 1. The molecule has 0 spiro atoms. The van der Waals surface area contributed by atoms with E-state index in [2.05, 4.69) is 4.99 Å². The molecule has 132 valence electrons. The van der Waals surface area contributed by atoms with Crippen LogP contribution < -0.4 is 15.8 Å². The second-order valence-corrected chi connectivity index (χ2v) is 9.11. The van der Waals surface area contributed by atoms with Gasteiger partial charge in [0, 0.05) is 10.5 Å². The fourth-order valence-corrected chi connectivity index (χ4v) is 5.71. The molecule has 0 aromatic heterocycles. The van der Waals surface area contributed by atoms with Crippen molar-refractivity contribution in [3.63, 3.8) is 0 Å². The predicted molar refractivity (Wildman–Crippen MR) is 98.1 cm³/mol. The number of nitrogens with zero attached hydrogens (tertiary/aromatic N) is 2. The van der Waals surface area contributed by atoms with Crippen LogP contribution in [0, 0.1) is 6.92 Å². The van der Waals surface area contributed by atoms with Crippen LogP contribution in [-0.2, 0) is 10.0 Å². The molecule has 2 rings (SSSR count). The van der Waals surface area contributed by atoms with E-state index >= 15 is 0 Å². The van der Waals surface area contributed by atoms with Gasteiger partial charge in [-0.25, -0.2) is 8.42 Å². The van der Waals surface area contributed by atoms with Crippen molar-refractivity contribution in [3.8, 4) is 0 Å². The molecule has 0 bridgehead atoms. The maximum absolute atomic E-state index is 12.5. The van der Waals surface area contributed by atoms with Gasteiger partial charge in [-0.05, 0) is 51.1 Å². The van der Waals surface area contributed by atoms with Gasteiger partial charge in [-0.15, -0.1) is 11.8 Å². The van der Waals surface area contributed by atoms with Gasteiger partial charge in [-0.2, -0.15) is 4.99 Å². The second-order valence-electron chi connectivity index (χ2n) is 6.32. The normalized spacial score (nSPS) is 18.4. The summed E-state index contributed by atoms with van der Waals surface area (Å²) in [5, 5.41) is 0. The van der Waals surface area contributed by atoms with E-state index in [4.69, 9.17) is 11.5 Å². The molecular formula is C15H22N4O3S2. The van der Waals surface area contributed by atoms with E-state index in [1.54, 1.807) is 19.1 Å². The molecule has 1 fully saturated rings. The summed E-state index contributed by atoms with van der Waals surface area (Å²) in [5.41, 5.74) is 11.6. The van der Waals surface area contributed by atoms with Crippen LogP contribution in [0.4, 0.5) is 5.69 Å². The quantitative estimate of drug-likeness (QED) is 0.472. The number of rotatable bonds is 3. The van der Waals surface area contributed by atoms with Crippen molar-refractivity contribution in [2.24, 2.45) is 16.5 Å². The van der Waals surface area contributed by atoms with E-state index in [1.807, 2.05) is 20.1 Å². The Morgan fingerprint density at radius 3 is 2.42 bits per heavy atom. The average molecular weight is 371 g/mol. The molecule has 1 aliphatic rings. The first-order chi connectivity index (χ1) is 11.0. The predicted octanol–water partition coefficient (Wildman–Crippen LogP) is 1.45. The number of hydrogen-bond donors (Lipinski definition) is 2. The molecule has 24 heavy (non-hydrogen) atoms. The third kappa shape index (κ3) is 3.36. The lowest BCUT2D eigenvalue weighted by molar-refractivity contribution is 0.100. The van der Waals surface area contributed by atoms with Gasteiger partial charge in [-0.1, -0.05) is 0 Å². The minimum absolute atomic E-state index is 0.113. The first kappa shape index (κ1) is 18.6. The molecular weight excluding hydrogens is 348 g/mol. The van der Waals surface area contributed by atoms with Gasteiger partial charge < -0.3 is 11.5 Å². The summed E-state index contributed by atoms with van der Waals surface area (Å²) in [6.45, 7) is 5.53. The highest BCUT2D eigenvalue weighted by atomic mass is 32.2. The van der Waals surface area contributed by atoms with Crippen LogP contribution in [0.1, 0.15) is 36.2 Å². The van der Waals surface area contributed by atoms with Gasteiger partial charge in [0.15, 0.2) is 5.96 Å². The largest absolute Gasteiger partial charge is 0.370 e. The smallest absolute Gasteiger partial charge is 0.280 e. The summed E-state index contributed by atoms with van der Waals surface area (Å²) in [6, 6.07) is 3.36. The Kier molecular flexibility index (Phi) is 4.87. The zero-order valence-corrected chi connectivity index (χ0v) is 15.8. The molecule has 0 aliphatic carbocycles. The summed E-state index contributed by atoms with van der Waals surface area (Å²) in [6.07, 6.45) is 2.38. The molecule has 9 heteroatoms. The Balaban J connectivity index is 2.64. The van der Waals surface area contributed by atoms with Crippen LogP contribution in [0.5, 0.6) is 0 Å². The number of carbonyl (C=O) groups excluding carboxylic acids is 1. The number of amides is 1. The highest BCUT2D eigenvalue weighted by molar-refractivity contribution is 7.99. The number of aryl methyl sites for hydroxylation is 1. The van der Waals surface area contributed by atoms with E-state index in [1.165, 1.54) is 16.1 Å². The van der Waals surface area contributed by atoms with Crippen LogP contribution in [0.15, 0.2) is 22.0 Å². The third-order valence-corrected chi connectivity index (χ3v) is 6.74. The van der Waals surface area contributed by atoms with E-state index < -0.39 is 21.5 Å². The van der Waals surface area contributed by atoms with E-state index in [9.17, 15) is 13.2 Å². The van der Waals surface area contributed by atoms with Crippen LogP contribution >= 0.6 is 11.8 Å². The summed E-state index contributed by atoms with van der Waals surface area (Å²) >= 11 is 1.37. The van der Waals surface area contributed by atoms with Gasteiger partial charge in [0.25, 0.3) is 5.91 Å². The van der Waals surface area contributed by atoms with E-state index in [0.29, 0.717) is 28.1 Å². The molecule has 0 radical (unpaired) electrons. The highest BCUT2D eigenvalue weighted by Gasteiger charge is 2.44. The van der Waals surface area contributed by atoms with Crippen molar-refractivity contribution in [1.82, 2.24) is 0 Å². The Morgan fingerprint density at radius 2 is 1.96 bits per heavy atom. The van der Waals surface area contributed by atoms with Gasteiger partial charge in [0.05, 0.1) is 17.0 Å². The first-order valence-electron chi connectivity index (χ1n) is 7.35. The van der Waals surface area contributed by atoms with Gasteiger partial charge in [0.2, 0.25) is 10.0 Å². The Morgan fingerprint density at radius 1 is 1.33 bits per heavy atom. The molecule has 1 heterocycles. The fourth-order valence-electron chi connectivity index (χ4n) is 2.83. The molecule has 1 amide bonds. The summed E-state index contributed by atoms with van der Waals surface area (Å²) < 4.78 is 26.5. The number of hydrogen-bond acceptors (Lipinski definition) is 4.